The maximum Gasteiger partial charge on any atom is 0.170 e. The van der Waals surface area contributed by atoms with Crippen molar-refractivity contribution in [2.45, 2.75) is 57.0 Å². The lowest BCUT2D eigenvalue weighted by Gasteiger charge is -2.16. The molecule has 1 aliphatic rings. The zero-order valence-corrected chi connectivity index (χ0v) is 15.5. The highest BCUT2D eigenvalue weighted by atomic mass is 31.1. The van der Waals surface area contributed by atoms with E-state index in [2.05, 4.69) is 0 Å². The van der Waals surface area contributed by atoms with Gasteiger partial charge in [0.05, 0.1) is 14.2 Å². The lowest BCUT2D eigenvalue weighted by Crippen LogP contribution is -2.11. The highest BCUT2D eigenvalue weighted by Gasteiger charge is 2.25. The van der Waals surface area contributed by atoms with Gasteiger partial charge in [-0.1, -0.05) is 25.3 Å². The molecule has 1 atom stereocenters. The lowest BCUT2D eigenvalue weighted by atomic mass is 9.97. The molecule has 4 nitrogen and oxygen atoms in total. The van der Waals surface area contributed by atoms with E-state index in [9.17, 15) is 9.36 Å². The zero-order chi connectivity index (χ0) is 17.4. The minimum absolute atomic E-state index is 0.0430. The molecule has 0 N–H and O–H groups in total. The number of unbranched alkanes of at least 4 members (excludes halogenated alkanes) is 1. The Hall–Kier alpha value is -1.41. The molecule has 0 bridgehead atoms. The number of hydrogen-bond acceptors (Lipinski definition) is 4. The molecule has 1 aromatic carbocycles. The van der Waals surface area contributed by atoms with Crippen molar-refractivity contribution in [2.75, 3.05) is 14.2 Å². The van der Waals surface area contributed by atoms with Gasteiger partial charge in [-0.3, -0.25) is 9.36 Å². The second-order valence-electron chi connectivity index (χ2n) is 6.42. The van der Waals surface area contributed by atoms with Crippen LogP contribution in [0.2, 0.25) is 0 Å². The van der Waals surface area contributed by atoms with Crippen molar-refractivity contribution in [3.63, 3.8) is 0 Å². The first-order chi connectivity index (χ1) is 11.7. The minimum Gasteiger partial charge on any atom is -0.496 e. The van der Waals surface area contributed by atoms with Crippen molar-refractivity contribution in [1.29, 1.82) is 0 Å². The molecule has 1 saturated carbocycles. The van der Waals surface area contributed by atoms with Crippen LogP contribution in [0.15, 0.2) is 18.2 Å². The van der Waals surface area contributed by atoms with Crippen molar-refractivity contribution in [1.82, 2.24) is 0 Å². The topological polar surface area (TPSA) is 52.6 Å². The SMILES string of the molecule is COc1cccc(OC)c1C(=O)CCCCC(P=O)C1CCCC1. The van der Waals surface area contributed by atoms with E-state index in [1.165, 1.54) is 25.7 Å². The molecule has 24 heavy (non-hydrogen) atoms. The van der Waals surface area contributed by atoms with Crippen LogP contribution in [0, 0.1) is 5.92 Å². The summed E-state index contributed by atoms with van der Waals surface area (Å²) in [6.45, 7) is 0. The fourth-order valence-corrected chi connectivity index (χ4v) is 4.36. The molecule has 1 fully saturated rings. The maximum absolute atomic E-state index is 12.6. The number of carbonyl (C=O) groups is 1. The van der Waals surface area contributed by atoms with Gasteiger partial charge in [0.2, 0.25) is 0 Å². The average Bonchev–Trinajstić information content (AvgIpc) is 3.15. The van der Waals surface area contributed by atoms with Gasteiger partial charge in [0.15, 0.2) is 14.2 Å². The average molecular weight is 350 g/mol. The number of benzene rings is 1. The van der Waals surface area contributed by atoms with Crippen LogP contribution in [0.25, 0.3) is 0 Å². The second kappa shape index (κ2) is 9.78. The summed E-state index contributed by atoms with van der Waals surface area (Å²) in [5, 5.41) is 0. The smallest absolute Gasteiger partial charge is 0.170 e. The fraction of sp³-hybridized carbons (Fsp3) is 0.632. The Kier molecular flexibility index (Phi) is 7.71. The van der Waals surface area contributed by atoms with Crippen molar-refractivity contribution >= 4 is 14.2 Å². The van der Waals surface area contributed by atoms with Crippen LogP contribution in [-0.4, -0.2) is 25.7 Å². The van der Waals surface area contributed by atoms with Crippen LogP contribution in [0.1, 0.15) is 61.7 Å². The molecular weight excluding hydrogens is 323 g/mol. The van der Waals surface area contributed by atoms with Gasteiger partial charge in [-0.2, -0.15) is 0 Å². The van der Waals surface area contributed by atoms with Crippen LogP contribution in [0.3, 0.4) is 0 Å². The van der Waals surface area contributed by atoms with E-state index in [0.717, 1.165) is 19.3 Å². The van der Waals surface area contributed by atoms with Crippen LogP contribution < -0.4 is 9.47 Å². The van der Waals surface area contributed by atoms with Gasteiger partial charge in [-0.05, 0) is 43.7 Å². The Labute approximate surface area is 146 Å². The number of Topliss-reactive ketones (excluding diaryl/α,β-unsaturated/α-hetero) is 1. The summed E-state index contributed by atoms with van der Waals surface area (Å²) < 4.78 is 22.0. The third kappa shape index (κ3) is 4.80. The summed E-state index contributed by atoms with van der Waals surface area (Å²) in [6.07, 6.45) is 8.08. The first-order valence-corrected chi connectivity index (χ1v) is 9.66. The van der Waals surface area contributed by atoms with E-state index < -0.39 is 0 Å². The molecule has 0 aliphatic heterocycles. The van der Waals surface area contributed by atoms with Crippen LogP contribution in [-0.2, 0) is 4.57 Å². The Morgan fingerprint density at radius 3 is 2.33 bits per heavy atom. The molecule has 2 rings (SSSR count). The Morgan fingerprint density at radius 2 is 1.79 bits per heavy atom. The van der Waals surface area contributed by atoms with Gasteiger partial charge >= 0.3 is 0 Å². The van der Waals surface area contributed by atoms with Crippen molar-refractivity contribution < 1.29 is 18.8 Å². The lowest BCUT2D eigenvalue weighted by molar-refractivity contribution is 0.0973. The summed E-state index contributed by atoms with van der Waals surface area (Å²) in [6, 6.07) is 5.37. The number of hydrogen-bond donors (Lipinski definition) is 0. The summed E-state index contributed by atoms with van der Waals surface area (Å²) in [5.41, 5.74) is 0.792. The van der Waals surface area contributed by atoms with E-state index in [0.29, 0.717) is 29.4 Å². The normalized spacial score (nSPS) is 16.2. The number of ketones is 1. The molecule has 1 aromatic rings. The van der Waals surface area contributed by atoms with Crippen molar-refractivity contribution in [2.24, 2.45) is 5.92 Å². The predicted octanol–water partition coefficient (Wildman–Crippen LogP) is 5.30. The van der Waals surface area contributed by atoms with Gasteiger partial charge in [0.25, 0.3) is 0 Å². The third-order valence-electron chi connectivity index (χ3n) is 4.94. The van der Waals surface area contributed by atoms with E-state index in [4.69, 9.17) is 9.47 Å². The number of ether oxygens (including phenoxy) is 2. The Bertz CT molecular complexity index is 530. The van der Waals surface area contributed by atoms with Gasteiger partial charge in [0, 0.05) is 12.1 Å². The van der Waals surface area contributed by atoms with Crippen LogP contribution in [0.4, 0.5) is 0 Å². The van der Waals surface area contributed by atoms with Gasteiger partial charge in [-0.25, -0.2) is 0 Å². The Balaban J connectivity index is 1.86. The van der Waals surface area contributed by atoms with Crippen LogP contribution in [0.5, 0.6) is 11.5 Å². The molecule has 0 aromatic heterocycles. The highest BCUT2D eigenvalue weighted by Crippen LogP contribution is 2.36. The fourth-order valence-electron chi connectivity index (χ4n) is 3.61. The molecule has 1 aliphatic carbocycles. The second-order valence-corrected chi connectivity index (χ2v) is 7.30. The van der Waals surface area contributed by atoms with E-state index >= 15 is 0 Å². The predicted molar refractivity (Wildman–Crippen MR) is 95.7 cm³/mol. The van der Waals surface area contributed by atoms with E-state index in [1.807, 2.05) is 6.07 Å². The summed E-state index contributed by atoms with van der Waals surface area (Å²) in [5.74, 6) is 1.76. The minimum atomic E-state index is 0.0430. The first-order valence-electron chi connectivity index (χ1n) is 8.78. The summed E-state index contributed by atoms with van der Waals surface area (Å²) in [4.78, 5) is 12.6. The van der Waals surface area contributed by atoms with E-state index in [-0.39, 0.29) is 19.9 Å². The molecule has 0 radical (unpaired) electrons. The number of carbonyl (C=O) groups excluding carboxylic acids is 1. The monoisotopic (exact) mass is 350 g/mol. The number of methoxy groups -OCH3 is 2. The Morgan fingerprint density at radius 1 is 1.17 bits per heavy atom. The number of rotatable bonds is 10. The molecule has 132 valence electrons. The standard InChI is InChI=1S/C19H27O4P/c1-22-16-11-7-12-17(23-2)19(16)15(20)10-5-6-13-18(24-21)14-8-3-4-9-14/h7,11-12,14,18H,3-6,8-10,13H2,1-2H3. The molecule has 1 unspecified atom stereocenters. The largest absolute Gasteiger partial charge is 0.496 e. The first kappa shape index (κ1) is 18.9. The summed E-state index contributed by atoms with van der Waals surface area (Å²) in [7, 11) is 3.39. The molecule has 0 spiro atoms. The van der Waals surface area contributed by atoms with Gasteiger partial charge < -0.3 is 9.47 Å². The van der Waals surface area contributed by atoms with Gasteiger partial charge in [0.1, 0.15) is 17.1 Å². The van der Waals surface area contributed by atoms with Crippen LogP contribution >= 0.6 is 8.46 Å². The maximum atomic E-state index is 12.6. The quantitative estimate of drug-likeness (QED) is 0.326. The molecular formula is C19H27O4P. The molecule has 0 amide bonds. The van der Waals surface area contributed by atoms with Crippen molar-refractivity contribution in [3.8, 4) is 11.5 Å². The van der Waals surface area contributed by atoms with Crippen molar-refractivity contribution in [3.05, 3.63) is 23.8 Å². The third-order valence-corrected chi connectivity index (χ3v) is 5.89. The highest BCUT2D eigenvalue weighted by molar-refractivity contribution is 7.24. The molecule has 0 saturated heterocycles. The van der Waals surface area contributed by atoms with Gasteiger partial charge in [-0.15, -0.1) is 0 Å². The molecule has 0 heterocycles. The van der Waals surface area contributed by atoms with E-state index in [1.54, 1.807) is 26.4 Å². The zero-order valence-electron chi connectivity index (χ0n) is 14.6. The summed E-state index contributed by atoms with van der Waals surface area (Å²) >= 11 is 0. The molecule has 5 heteroatoms.